The van der Waals surface area contributed by atoms with Gasteiger partial charge in [-0.3, -0.25) is 0 Å². The maximum atomic E-state index is 4.86. The van der Waals surface area contributed by atoms with Gasteiger partial charge in [-0.05, 0) is 48.4 Å². The largest absolute Gasteiger partial charge is 0.356 e. The molecule has 0 radical (unpaired) electrons. The molecule has 3 heteroatoms. The maximum Gasteiger partial charge on any atom is 0.129 e. The van der Waals surface area contributed by atoms with Crippen molar-refractivity contribution in [3.8, 4) is 0 Å². The molecule has 2 rings (SSSR count). The standard InChI is InChI=1S/C18H31N3/c1-6-16-10-14(12-19-7-2)11-17(20-16)21-9-8-15(13-21)18(3,4)5/h10-11,15,19H,6-9,12-13H2,1-5H3. The number of pyridine rings is 1. The number of nitrogens with zero attached hydrogens (tertiary/aromatic N) is 2. The molecule has 1 atom stereocenters. The number of anilines is 1. The Balaban J connectivity index is 2.15. The summed E-state index contributed by atoms with van der Waals surface area (Å²) in [4.78, 5) is 7.33. The minimum absolute atomic E-state index is 0.393. The van der Waals surface area contributed by atoms with E-state index >= 15 is 0 Å². The molecule has 1 aliphatic heterocycles. The fourth-order valence-corrected chi connectivity index (χ4v) is 3.02. The molecule has 1 unspecified atom stereocenters. The van der Waals surface area contributed by atoms with Crippen LogP contribution in [-0.2, 0) is 13.0 Å². The first-order chi connectivity index (χ1) is 9.94. The van der Waals surface area contributed by atoms with Gasteiger partial charge in [0.25, 0.3) is 0 Å². The first-order valence-electron chi connectivity index (χ1n) is 8.39. The lowest BCUT2D eigenvalue weighted by molar-refractivity contribution is 0.263. The van der Waals surface area contributed by atoms with Crippen LogP contribution in [0.2, 0.25) is 0 Å². The van der Waals surface area contributed by atoms with Gasteiger partial charge in [0, 0.05) is 25.3 Å². The van der Waals surface area contributed by atoms with E-state index in [0.29, 0.717) is 5.41 Å². The second kappa shape index (κ2) is 6.78. The van der Waals surface area contributed by atoms with Gasteiger partial charge in [-0.15, -0.1) is 0 Å². The van der Waals surface area contributed by atoms with Gasteiger partial charge >= 0.3 is 0 Å². The van der Waals surface area contributed by atoms with Crippen LogP contribution in [-0.4, -0.2) is 24.6 Å². The predicted octanol–water partition coefficient (Wildman–Crippen LogP) is 3.63. The molecule has 1 saturated heterocycles. The summed E-state index contributed by atoms with van der Waals surface area (Å²) in [6, 6.07) is 4.51. The number of nitrogens with one attached hydrogen (secondary N) is 1. The molecule has 0 saturated carbocycles. The van der Waals surface area contributed by atoms with Crippen molar-refractivity contribution in [1.29, 1.82) is 0 Å². The monoisotopic (exact) mass is 289 g/mol. The molecule has 1 N–H and O–H groups in total. The predicted molar refractivity (Wildman–Crippen MR) is 90.8 cm³/mol. The minimum Gasteiger partial charge on any atom is -0.356 e. The lowest BCUT2D eigenvalue weighted by Crippen LogP contribution is -2.26. The van der Waals surface area contributed by atoms with Gasteiger partial charge in [0.1, 0.15) is 5.82 Å². The Morgan fingerprint density at radius 1 is 1.29 bits per heavy atom. The second-order valence-electron chi connectivity index (χ2n) is 7.26. The second-order valence-corrected chi connectivity index (χ2v) is 7.26. The van der Waals surface area contributed by atoms with E-state index in [-0.39, 0.29) is 0 Å². The lowest BCUT2D eigenvalue weighted by Gasteiger charge is -2.27. The Bertz CT molecular complexity index is 462. The molecule has 118 valence electrons. The molecule has 0 aromatic carbocycles. The summed E-state index contributed by atoms with van der Waals surface area (Å²) >= 11 is 0. The first kappa shape index (κ1) is 16.3. The van der Waals surface area contributed by atoms with Crippen LogP contribution in [0, 0.1) is 11.3 Å². The maximum absolute atomic E-state index is 4.86. The van der Waals surface area contributed by atoms with E-state index < -0.39 is 0 Å². The molecule has 1 fully saturated rings. The van der Waals surface area contributed by atoms with Crippen LogP contribution < -0.4 is 10.2 Å². The molecule has 0 aliphatic carbocycles. The number of aromatic nitrogens is 1. The van der Waals surface area contributed by atoms with Crippen molar-refractivity contribution in [3.63, 3.8) is 0 Å². The average Bonchev–Trinajstić information content (AvgIpc) is 2.94. The normalized spacial score (nSPS) is 19.3. The van der Waals surface area contributed by atoms with Crippen molar-refractivity contribution in [1.82, 2.24) is 10.3 Å². The van der Waals surface area contributed by atoms with Gasteiger partial charge < -0.3 is 10.2 Å². The van der Waals surface area contributed by atoms with Gasteiger partial charge in [0.05, 0.1) is 0 Å². The smallest absolute Gasteiger partial charge is 0.129 e. The topological polar surface area (TPSA) is 28.2 Å². The Morgan fingerprint density at radius 3 is 2.62 bits per heavy atom. The van der Waals surface area contributed by atoms with E-state index in [1.54, 1.807) is 0 Å². The molecule has 0 bridgehead atoms. The van der Waals surface area contributed by atoms with Crippen molar-refractivity contribution in [2.45, 2.75) is 54.0 Å². The van der Waals surface area contributed by atoms with Crippen molar-refractivity contribution in [2.75, 3.05) is 24.5 Å². The summed E-state index contributed by atoms with van der Waals surface area (Å²) in [5, 5.41) is 3.42. The zero-order chi connectivity index (χ0) is 15.5. The molecule has 0 amide bonds. The summed E-state index contributed by atoms with van der Waals surface area (Å²) in [5.74, 6) is 1.94. The van der Waals surface area contributed by atoms with Gasteiger partial charge in [-0.2, -0.15) is 0 Å². The Labute approximate surface area is 130 Å². The van der Waals surface area contributed by atoms with Crippen LogP contribution in [0.1, 0.15) is 52.3 Å². The van der Waals surface area contributed by atoms with E-state index in [4.69, 9.17) is 4.98 Å². The SMILES string of the molecule is CCNCc1cc(CC)nc(N2CCC(C(C)(C)C)C2)c1. The van der Waals surface area contributed by atoms with E-state index in [9.17, 15) is 0 Å². The third kappa shape index (κ3) is 4.19. The molecule has 2 heterocycles. The molecule has 1 aromatic rings. The minimum atomic E-state index is 0.393. The summed E-state index contributed by atoms with van der Waals surface area (Å²) in [6.45, 7) is 15.6. The summed E-state index contributed by atoms with van der Waals surface area (Å²) in [5.41, 5.74) is 2.96. The van der Waals surface area contributed by atoms with Crippen LogP contribution >= 0.6 is 0 Å². The fourth-order valence-electron chi connectivity index (χ4n) is 3.02. The van der Waals surface area contributed by atoms with Crippen molar-refractivity contribution >= 4 is 5.82 Å². The molecule has 21 heavy (non-hydrogen) atoms. The number of rotatable bonds is 5. The zero-order valence-corrected chi connectivity index (χ0v) is 14.4. The summed E-state index contributed by atoms with van der Waals surface area (Å²) < 4.78 is 0. The third-order valence-electron chi connectivity index (χ3n) is 4.60. The number of aryl methyl sites for hydroxylation is 1. The van der Waals surface area contributed by atoms with Crippen LogP contribution in [0.3, 0.4) is 0 Å². The average molecular weight is 289 g/mol. The highest BCUT2D eigenvalue weighted by molar-refractivity contribution is 5.44. The molecule has 3 nitrogen and oxygen atoms in total. The van der Waals surface area contributed by atoms with Crippen LogP contribution in [0.4, 0.5) is 5.82 Å². The Kier molecular flexibility index (Phi) is 5.26. The van der Waals surface area contributed by atoms with Crippen molar-refractivity contribution in [2.24, 2.45) is 11.3 Å². The third-order valence-corrected chi connectivity index (χ3v) is 4.60. The van der Waals surface area contributed by atoms with Crippen LogP contribution in [0.5, 0.6) is 0 Å². The van der Waals surface area contributed by atoms with E-state index in [0.717, 1.165) is 38.5 Å². The Hall–Kier alpha value is -1.09. The quantitative estimate of drug-likeness (QED) is 0.897. The molecular formula is C18H31N3. The Morgan fingerprint density at radius 2 is 2.05 bits per heavy atom. The zero-order valence-electron chi connectivity index (χ0n) is 14.4. The molecule has 0 spiro atoms. The highest BCUT2D eigenvalue weighted by Gasteiger charge is 2.32. The van der Waals surface area contributed by atoms with E-state index in [1.807, 2.05) is 0 Å². The van der Waals surface area contributed by atoms with E-state index in [2.05, 4.69) is 57.0 Å². The van der Waals surface area contributed by atoms with Crippen LogP contribution in [0.15, 0.2) is 12.1 Å². The molecular weight excluding hydrogens is 258 g/mol. The summed E-state index contributed by atoms with van der Waals surface area (Å²) in [6.07, 6.45) is 2.29. The number of hydrogen-bond acceptors (Lipinski definition) is 3. The van der Waals surface area contributed by atoms with Gasteiger partial charge in [0.15, 0.2) is 0 Å². The number of hydrogen-bond donors (Lipinski definition) is 1. The van der Waals surface area contributed by atoms with Gasteiger partial charge in [0.2, 0.25) is 0 Å². The van der Waals surface area contributed by atoms with Gasteiger partial charge in [-0.1, -0.05) is 34.6 Å². The van der Waals surface area contributed by atoms with Crippen LogP contribution in [0.25, 0.3) is 0 Å². The van der Waals surface area contributed by atoms with Crippen molar-refractivity contribution in [3.05, 3.63) is 23.4 Å². The van der Waals surface area contributed by atoms with E-state index in [1.165, 1.54) is 23.5 Å². The summed E-state index contributed by atoms with van der Waals surface area (Å²) in [7, 11) is 0. The molecule has 1 aromatic heterocycles. The first-order valence-corrected chi connectivity index (χ1v) is 8.39. The molecule has 1 aliphatic rings. The highest BCUT2D eigenvalue weighted by atomic mass is 15.2. The lowest BCUT2D eigenvalue weighted by atomic mass is 9.80. The fraction of sp³-hybridized carbons (Fsp3) is 0.722. The van der Waals surface area contributed by atoms with Crippen molar-refractivity contribution < 1.29 is 0 Å². The highest BCUT2D eigenvalue weighted by Crippen LogP contribution is 2.35. The van der Waals surface area contributed by atoms with Gasteiger partial charge in [-0.25, -0.2) is 4.98 Å².